The zero-order valence-electron chi connectivity index (χ0n) is 12.4. The fourth-order valence-corrected chi connectivity index (χ4v) is 1.98. The molecule has 0 fully saturated rings. The number of hydrogen-bond donors (Lipinski definition) is 2. The van der Waals surface area contributed by atoms with Gasteiger partial charge in [-0.15, -0.1) is 0 Å². The molecule has 0 bridgehead atoms. The van der Waals surface area contributed by atoms with Crippen LogP contribution in [-0.2, 0) is 6.42 Å². The Hall–Kier alpha value is -2.56. The molecule has 0 aromatic heterocycles. The van der Waals surface area contributed by atoms with Crippen LogP contribution < -0.4 is 15.4 Å². The quantitative estimate of drug-likeness (QED) is 0.856. The Bertz CT molecular complexity index is 614. The largest absolute Gasteiger partial charge is 0.494 e. The van der Waals surface area contributed by atoms with Crippen LogP contribution in [0.15, 0.2) is 48.5 Å². The molecular formula is C17H19FN2O2. The minimum Gasteiger partial charge on any atom is -0.494 e. The third-order valence-corrected chi connectivity index (χ3v) is 3.02. The molecule has 0 aliphatic heterocycles. The minimum absolute atomic E-state index is 0.261. The molecule has 5 heteroatoms. The Morgan fingerprint density at radius 2 is 1.95 bits per heavy atom. The average Bonchev–Trinajstić information content (AvgIpc) is 2.50. The molecule has 0 saturated carbocycles. The van der Waals surface area contributed by atoms with E-state index in [-0.39, 0.29) is 11.8 Å². The SMILES string of the molecule is CCOc1cccc(NC(=O)NCCc2ccc(F)cc2)c1. The highest BCUT2D eigenvalue weighted by Crippen LogP contribution is 2.17. The van der Waals surface area contributed by atoms with Crippen molar-refractivity contribution >= 4 is 11.7 Å². The number of urea groups is 1. The molecule has 2 amide bonds. The van der Waals surface area contributed by atoms with E-state index in [2.05, 4.69) is 10.6 Å². The van der Waals surface area contributed by atoms with Crippen molar-refractivity contribution in [1.82, 2.24) is 5.32 Å². The first-order valence-corrected chi connectivity index (χ1v) is 7.19. The van der Waals surface area contributed by atoms with Gasteiger partial charge in [0.2, 0.25) is 0 Å². The van der Waals surface area contributed by atoms with Gasteiger partial charge in [-0.25, -0.2) is 9.18 Å². The Labute approximate surface area is 129 Å². The maximum atomic E-state index is 12.8. The summed E-state index contributed by atoms with van der Waals surface area (Å²) in [6.45, 7) is 2.96. The first kappa shape index (κ1) is 15.8. The highest BCUT2D eigenvalue weighted by atomic mass is 19.1. The lowest BCUT2D eigenvalue weighted by molar-refractivity contribution is 0.252. The van der Waals surface area contributed by atoms with Gasteiger partial charge in [0.25, 0.3) is 0 Å². The molecule has 0 spiro atoms. The van der Waals surface area contributed by atoms with Crippen LogP contribution in [0, 0.1) is 5.82 Å². The van der Waals surface area contributed by atoms with E-state index in [1.807, 2.05) is 19.1 Å². The normalized spacial score (nSPS) is 10.1. The van der Waals surface area contributed by atoms with Crippen LogP contribution in [0.25, 0.3) is 0 Å². The van der Waals surface area contributed by atoms with Crippen molar-refractivity contribution in [2.75, 3.05) is 18.5 Å². The second-order valence-corrected chi connectivity index (χ2v) is 4.72. The second-order valence-electron chi connectivity index (χ2n) is 4.72. The number of anilines is 1. The summed E-state index contributed by atoms with van der Waals surface area (Å²) in [6.07, 6.45) is 0.646. The number of carbonyl (C=O) groups is 1. The van der Waals surface area contributed by atoms with Crippen LogP contribution in [0.4, 0.5) is 14.9 Å². The van der Waals surface area contributed by atoms with Gasteiger partial charge in [-0.1, -0.05) is 18.2 Å². The van der Waals surface area contributed by atoms with Crippen molar-refractivity contribution in [3.63, 3.8) is 0 Å². The van der Waals surface area contributed by atoms with Crippen LogP contribution in [-0.4, -0.2) is 19.2 Å². The number of ether oxygens (including phenoxy) is 1. The van der Waals surface area contributed by atoms with Crippen LogP contribution in [0.3, 0.4) is 0 Å². The lowest BCUT2D eigenvalue weighted by Crippen LogP contribution is -2.30. The van der Waals surface area contributed by atoms with E-state index >= 15 is 0 Å². The van der Waals surface area contributed by atoms with Crippen molar-refractivity contribution in [3.05, 3.63) is 59.9 Å². The maximum Gasteiger partial charge on any atom is 0.319 e. The average molecular weight is 302 g/mol. The topological polar surface area (TPSA) is 50.4 Å². The molecule has 0 radical (unpaired) electrons. The molecule has 2 rings (SSSR count). The van der Waals surface area contributed by atoms with Crippen molar-refractivity contribution < 1.29 is 13.9 Å². The van der Waals surface area contributed by atoms with Crippen LogP contribution in [0.2, 0.25) is 0 Å². The fraction of sp³-hybridized carbons (Fsp3) is 0.235. The van der Waals surface area contributed by atoms with Gasteiger partial charge in [0.05, 0.1) is 6.61 Å². The van der Waals surface area contributed by atoms with Gasteiger partial charge in [-0.2, -0.15) is 0 Å². The van der Waals surface area contributed by atoms with Gasteiger partial charge in [0.15, 0.2) is 0 Å². The number of hydrogen-bond acceptors (Lipinski definition) is 2. The summed E-state index contributed by atoms with van der Waals surface area (Å²) in [5, 5.41) is 5.51. The van der Waals surface area contributed by atoms with E-state index in [0.29, 0.717) is 31.0 Å². The number of rotatable bonds is 6. The summed E-state index contributed by atoms with van der Waals surface area (Å²) >= 11 is 0. The summed E-state index contributed by atoms with van der Waals surface area (Å²) in [5.41, 5.74) is 1.64. The zero-order valence-corrected chi connectivity index (χ0v) is 12.4. The summed E-state index contributed by atoms with van der Waals surface area (Å²) in [7, 11) is 0. The lowest BCUT2D eigenvalue weighted by Gasteiger charge is -2.09. The fourth-order valence-electron chi connectivity index (χ4n) is 1.98. The van der Waals surface area contributed by atoms with Crippen LogP contribution >= 0.6 is 0 Å². The molecule has 2 N–H and O–H groups in total. The number of halogens is 1. The Morgan fingerprint density at radius 1 is 1.18 bits per heavy atom. The van der Waals surface area contributed by atoms with Gasteiger partial charge in [-0.05, 0) is 43.2 Å². The highest BCUT2D eigenvalue weighted by Gasteiger charge is 2.03. The van der Waals surface area contributed by atoms with E-state index in [4.69, 9.17) is 4.74 Å². The van der Waals surface area contributed by atoms with E-state index in [1.54, 1.807) is 24.3 Å². The number of amides is 2. The smallest absolute Gasteiger partial charge is 0.319 e. The third-order valence-electron chi connectivity index (χ3n) is 3.02. The first-order chi connectivity index (χ1) is 10.7. The molecule has 2 aromatic carbocycles. The van der Waals surface area contributed by atoms with E-state index in [9.17, 15) is 9.18 Å². The Kier molecular flexibility index (Phi) is 5.77. The van der Waals surface area contributed by atoms with Gasteiger partial charge in [-0.3, -0.25) is 0 Å². The van der Waals surface area contributed by atoms with Crippen molar-refractivity contribution in [2.24, 2.45) is 0 Å². The number of benzene rings is 2. The number of carbonyl (C=O) groups excluding carboxylic acids is 1. The zero-order chi connectivity index (χ0) is 15.8. The molecule has 0 aliphatic rings. The van der Waals surface area contributed by atoms with Gasteiger partial charge < -0.3 is 15.4 Å². The van der Waals surface area contributed by atoms with Crippen molar-refractivity contribution in [1.29, 1.82) is 0 Å². The van der Waals surface area contributed by atoms with E-state index in [1.165, 1.54) is 12.1 Å². The van der Waals surface area contributed by atoms with E-state index < -0.39 is 0 Å². The predicted octanol–water partition coefficient (Wildman–Crippen LogP) is 3.59. The number of nitrogens with one attached hydrogen (secondary N) is 2. The molecule has 0 saturated heterocycles. The summed E-state index contributed by atoms with van der Waals surface area (Å²) in [6, 6.07) is 13.2. The maximum absolute atomic E-state index is 12.8. The molecule has 4 nitrogen and oxygen atoms in total. The molecule has 22 heavy (non-hydrogen) atoms. The summed E-state index contributed by atoms with van der Waals surface area (Å²) in [5.74, 6) is 0.454. The predicted molar refractivity (Wildman–Crippen MR) is 84.7 cm³/mol. The Balaban J connectivity index is 1.78. The van der Waals surface area contributed by atoms with Gasteiger partial charge in [0, 0.05) is 18.3 Å². The van der Waals surface area contributed by atoms with Crippen molar-refractivity contribution in [3.8, 4) is 5.75 Å². The van der Waals surface area contributed by atoms with Crippen LogP contribution in [0.1, 0.15) is 12.5 Å². The molecule has 0 aliphatic carbocycles. The molecule has 0 atom stereocenters. The highest BCUT2D eigenvalue weighted by molar-refractivity contribution is 5.89. The standard InChI is InChI=1S/C17H19FN2O2/c1-2-22-16-5-3-4-15(12-16)20-17(21)19-11-10-13-6-8-14(18)9-7-13/h3-9,12H,2,10-11H2,1H3,(H2,19,20,21). The lowest BCUT2D eigenvalue weighted by atomic mass is 10.1. The minimum atomic E-state index is -0.282. The Morgan fingerprint density at radius 3 is 2.68 bits per heavy atom. The molecule has 2 aromatic rings. The molecular weight excluding hydrogens is 283 g/mol. The van der Waals surface area contributed by atoms with Gasteiger partial charge >= 0.3 is 6.03 Å². The summed E-state index contributed by atoms with van der Waals surface area (Å²) in [4.78, 5) is 11.8. The van der Waals surface area contributed by atoms with Crippen molar-refractivity contribution in [2.45, 2.75) is 13.3 Å². The molecule has 116 valence electrons. The van der Waals surface area contributed by atoms with Gasteiger partial charge in [0.1, 0.15) is 11.6 Å². The first-order valence-electron chi connectivity index (χ1n) is 7.19. The molecule has 0 unspecified atom stereocenters. The van der Waals surface area contributed by atoms with Crippen LogP contribution in [0.5, 0.6) is 5.75 Å². The second kappa shape index (κ2) is 8.02. The summed E-state index contributed by atoms with van der Waals surface area (Å²) < 4.78 is 18.2. The molecule has 0 heterocycles. The third kappa shape index (κ3) is 5.09. The van der Waals surface area contributed by atoms with E-state index in [0.717, 1.165) is 5.56 Å². The monoisotopic (exact) mass is 302 g/mol.